The van der Waals surface area contributed by atoms with Crippen molar-refractivity contribution in [3.05, 3.63) is 29.6 Å². The standard InChI is InChI=1S/C12H9F3N2O3/c1-2-3-17(6-11(18)19)12(20)16-10-5-8(14)7(13)4-9(10)15/h1,4-5H,3,6H2,(H,16,20)(H,18,19). The third kappa shape index (κ3) is 3.91. The molecule has 0 spiro atoms. The fourth-order valence-electron chi connectivity index (χ4n) is 1.29. The minimum Gasteiger partial charge on any atom is -0.480 e. The first-order valence-electron chi connectivity index (χ1n) is 5.21. The Balaban J connectivity index is 2.91. The maximum Gasteiger partial charge on any atom is 0.323 e. The van der Waals surface area contributed by atoms with Crippen LogP contribution in [-0.4, -0.2) is 35.1 Å². The van der Waals surface area contributed by atoms with E-state index < -0.39 is 41.7 Å². The molecule has 20 heavy (non-hydrogen) atoms. The molecule has 0 fully saturated rings. The van der Waals surface area contributed by atoms with Gasteiger partial charge in [0.1, 0.15) is 12.4 Å². The van der Waals surface area contributed by atoms with Crippen LogP contribution >= 0.6 is 0 Å². The Hall–Kier alpha value is -2.69. The number of urea groups is 1. The number of hydrogen-bond acceptors (Lipinski definition) is 2. The van der Waals surface area contributed by atoms with Crippen molar-refractivity contribution in [2.75, 3.05) is 18.4 Å². The number of amides is 2. The number of carbonyl (C=O) groups excluding carboxylic acids is 1. The number of carboxylic acids is 1. The first-order valence-corrected chi connectivity index (χ1v) is 5.21. The predicted molar refractivity (Wildman–Crippen MR) is 63.4 cm³/mol. The fourth-order valence-corrected chi connectivity index (χ4v) is 1.29. The van der Waals surface area contributed by atoms with Crippen molar-refractivity contribution in [1.29, 1.82) is 0 Å². The lowest BCUT2D eigenvalue weighted by Gasteiger charge is -2.18. The van der Waals surface area contributed by atoms with Crippen LogP contribution in [0.5, 0.6) is 0 Å². The molecule has 8 heteroatoms. The summed E-state index contributed by atoms with van der Waals surface area (Å²) >= 11 is 0. The molecule has 1 aromatic rings. The van der Waals surface area contributed by atoms with Crippen LogP contribution in [0.1, 0.15) is 0 Å². The molecule has 0 saturated heterocycles. The van der Waals surface area contributed by atoms with Gasteiger partial charge in [0.2, 0.25) is 0 Å². The van der Waals surface area contributed by atoms with E-state index in [0.29, 0.717) is 11.0 Å². The monoisotopic (exact) mass is 286 g/mol. The van der Waals surface area contributed by atoms with Gasteiger partial charge in [0, 0.05) is 12.1 Å². The molecule has 1 rings (SSSR count). The van der Waals surface area contributed by atoms with Gasteiger partial charge in [0.25, 0.3) is 0 Å². The molecule has 1 aromatic carbocycles. The number of rotatable bonds is 4. The minimum absolute atomic E-state index is 0.258. The molecule has 0 aromatic heterocycles. The van der Waals surface area contributed by atoms with Crippen molar-refractivity contribution in [2.45, 2.75) is 0 Å². The maximum absolute atomic E-state index is 13.3. The van der Waals surface area contributed by atoms with E-state index in [1.165, 1.54) is 0 Å². The molecular weight excluding hydrogens is 277 g/mol. The molecule has 0 atom stereocenters. The van der Waals surface area contributed by atoms with Gasteiger partial charge in [0.15, 0.2) is 11.6 Å². The Kier molecular flexibility index (Phi) is 4.97. The van der Waals surface area contributed by atoms with E-state index in [4.69, 9.17) is 11.5 Å². The van der Waals surface area contributed by atoms with Gasteiger partial charge in [-0.15, -0.1) is 6.42 Å². The zero-order chi connectivity index (χ0) is 15.3. The Morgan fingerprint density at radius 2 is 1.85 bits per heavy atom. The van der Waals surface area contributed by atoms with Gasteiger partial charge < -0.3 is 15.3 Å². The zero-order valence-electron chi connectivity index (χ0n) is 9.99. The third-order valence-corrected chi connectivity index (χ3v) is 2.15. The number of aliphatic carboxylic acids is 1. The summed E-state index contributed by atoms with van der Waals surface area (Å²) < 4.78 is 38.9. The van der Waals surface area contributed by atoms with Crippen LogP contribution < -0.4 is 5.32 Å². The van der Waals surface area contributed by atoms with E-state index in [1.54, 1.807) is 0 Å². The zero-order valence-corrected chi connectivity index (χ0v) is 9.99. The van der Waals surface area contributed by atoms with E-state index >= 15 is 0 Å². The number of nitrogens with zero attached hydrogens (tertiary/aromatic N) is 1. The molecule has 0 radical (unpaired) electrons. The summed E-state index contributed by atoms with van der Waals surface area (Å²) in [5.74, 6) is -3.25. The highest BCUT2D eigenvalue weighted by Crippen LogP contribution is 2.18. The summed E-state index contributed by atoms with van der Waals surface area (Å²) in [7, 11) is 0. The maximum atomic E-state index is 13.3. The minimum atomic E-state index is -1.41. The molecule has 0 aliphatic rings. The number of anilines is 1. The molecule has 2 amide bonds. The SMILES string of the molecule is C#CCN(CC(=O)O)C(=O)Nc1cc(F)c(F)cc1F. The molecule has 5 nitrogen and oxygen atoms in total. The highest BCUT2D eigenvalue weighted by atomic mass is 19.2. The number of carbonyl (C=O) groups is 2. The van der Waals surface area contributed by atoms with Gasteiger partial charge >= 0.3 is 12.0 Å². The van der Waals surface area contributed by atoms with Crippen LogP contribution in [-0.2, 0) is 4.79 Å². The molecule has 0 aliphatic heterocycles. The molecule has 0 heterocycles. The van der Waals surface area contributed by atoms with Gasteiger partial charge in [-0.25, -0.2) is 18.0 Å². The first-order chi connectivity index (χ1) is 9.35. The first kappa shape index (κ1) is 15.4. The lowest BCUT2D eigenvalue weighted by atomic mass is 10.3. The molecular formula is C12H9F3N2O3. The lowest BCUT2D eigenvalue weighted by Crippen LogP contribution is -2.39. The Morgan fingerprint density at radius 3 is 2.40 bits per heavy atom. The average molecular weight is 286 g/mol. The summed E-state index contributed by atoms with van der Waals surface area (Å²) in [6.07, 6.45) is 4.96. The second-order valence-electron chi connectivity index (χ2n) is 3.63. The number of nitrogens with one attached hydrogen (secondary N) is 1. The average Bonchev–Trinajstić information content (AvgIpc) is 2.34. The lowest BCUT2D eigenvalue weighted by molar-refractivity contribution is -0.137. The van der Waals surface area contributed by atoms with Crippen LogP contribution in [0.25, 0.3) is 0 Å². The molecule has 0 bridgehead atoms. The van der Waals surface area contributed by atoms with Crippen molar-refractivity contribution < 1.29 is 27.9 Å². The quantitative estimate of drug-likeness (QED) is 0.653. The highest BCUT2D eigenvalue weighted by molar-refractivity contribution is 5.91. The van der Waals surface area contributed by atoms with Gasteiger partial charge in [-0.2, -0.15) is 0 Å². The Bertz CT molecular complexity index is 584. The van der Waals surface area contributed by atoms with Gasteiger partial charge in [0.05, 0.1) is 12.2 Å². The molecule has 106 valence electrons. The number of terminal acetylenes is 1. The van der Waals surface area contributed by atoms with Crippen molar-refractivity contribution >= 4 is 17.7 Å². The smallest absolute Gasteiger partial charge is 0.323 e. The Labute approximate surface area is 112 Å². The van der Waals surface area contributed by atoms with E-state index in [0.717, 1.165) is 0 Å². The number of halogens is 3. The van der Waals surface area contributed by atoms with Crippen LogP contribution in [0.15, 0.2) is 12.1 Å². The molecule has 0 saturated carbocycles. The summed E-state index contributed by atoms with van der Waals surface area (Å²) in [6, 6.07) is -0.347. The summed E-state index contributed by atoms with van der Waals surface area (Å²) in [5, 5.41) is 10.5. The van der Waals surface area contributed by atoms with Crippen molar-refractivity contribution in [2.24, 2.45) is 0 Å². The largest absolute Gasteiger partial charge is 0.480 e. The van der Waals surface area contributed by atoms with Crippen molar-refractivity contribution in [1.82, 2.24) is 4.90 Å². The normalized spacial score (nSPS) is 9.70. The van der Waals surface area contributed by atoms with Gasteiger partial charge in [-0.1, -0.05) is 5.92 Å². The van der Waals surface area contributed by atoms with E-state index in [2.05, 4.69) is 0 Å². The van der Waals surface area contributed by atoms with Gasteiger partial charge in [-0.3, -0.25) is 4.79 Å². The van der Waals surface area contributed by atoms with Crippen LogP contribution in [0.3, 0.4) is 0 Å². The van der Waals surface area contributed by atoms with Crippen molar-refractivity contribution in [3.8, 4) is 12.3 Å². The van der Waals surface area contributed by atoms with Crippen LogP contribution in [0, 0.1) is 29.8 Å². The Morgan fingerprint density at radius 1 is 1.25 bits per heavy atom. The second-order valence-corrected chi connectivity index (χ2v) is 3.63. The molecule has 2 N–H and O–H groups in total. The van der Waals surface area contributed by atoms with Gasteiger partial charge in [-0.05, 0) is 0 Å². The van der Waals surface area contributed by atoms with E-state index in [9.17, 15) is 22.8 Å². The molecule has 0 unspecified atom stereocenters. The predicted octanol–water partition coefficient (Wildman–Crippen LogP) is 1.66. The van der Waals surface area contributed by atoms with Crippen LogP contribution in [0.2, 0.25) is 0 Å². The summed E-state index contributed by atoms with van der Waals surface area (Å²) in [6.45, 7) is -1.06. The fraction of sp³-hybridized carbons (Fsp3) is 0.167. The highest BCUT2D eigenvalue weighted by Gasteiger charge is 2.18. The summed E-state index contributed by atoms with van der Waals surface area (Å²) in [5.41, 5.74) is -0.624. The number of hydrogen-bond donors (Lipinski definition) is 2. The van der Waals surface area contributed by atoms with Crippen LogP contribution in [0.4, 0.5) is 23.7 Å². The third-order valence-electron chi connectivity index (χ3n) is 2.15. The summed E-state index contributed by atoms with van der Waals surface area (Å²) in [4.78, 5) is 22.9. The second kappa shape index (κ2) is 6.47. The number of benzene rings is 1. The molecule has 0 aliphatic carbocycles. The topological polar surface area (TPSA) is 69.6 Å². The van der Waals surface area contributed by atoms with E-state index in [1.807, 2.05) is 11.2 Å². The van der Waals surface area contributed by atoms with E-state index in [-0.39, 0.29) is 12.6 Å². The number of carboxylic acid groups (broad SMARTS) is 1. The van der Waals surface area contributed by atoms with Crippen molar-refractivity contribution in [3.63, 3.8) is 0 Å².